The molecule has 0 atom stereocenters. The zero-order valence-electron chi connectivity index (χ0n) is 9.92. The van der Waals surface area contributed by atoms with E-state index in [0.29, 0.717) is 22.4 Å². The molecule has 0 bridgehead atoms. The lowest BCUT2D eigenvalue weighted by Gasteiger charge is -2.06. The van der Waals surface area contributed by atoms with E-state index in [1.807, 2.05) is 0 Å². The second-order valence-electron chi connectivity index (χ2n) is 4.32. The number of hydrogen-bond donors (Lipinski definition) is 1. The van der Waals surface area contributed by atoms with Crippen molar-refractivity contribution in [3.05, 3.63) is 22.7 Å². The summed E-state index contributed by atoms with van der Waals surface area (Å²) in [6.45, 7) is 0. The standard InChI is InChI=1S/C14H16ClNO/c1-17-14-8-11(12(15)9-13(14)16)7-6-10-4-2-3-5-10/h8-10H,2-5,16H2,1H3. The minimum absolute atomic E-state index is 0.523. The lowest BCUT2D eigenvalue weighted by Crippen LogP contribution is -1.94. The zero-order valence-corrected chi connectivity index (χ0v) is 10.7. The summed E-state index contributed by atoms with van der Waals surface area (Å²) in [5, 5.41) is 0.591. The largest absolute Gasteiger partial charge is 0.495 e. The van der Waals surface area contributed by atoms with Gasteiger partial charge in [0.15, 0.2) is 0 Å². The molecule has 1 aliphatic carbocycles. The van der Waals surface area contributed by atoms with E-state index < -0.39 is 0 Å². The molecule has 1 fully saturated rings. The number of rotatable bonds is 1. The minimum Gasteiger partial charge on any atom is -0.495 e. The van der Waals surface area contributed by atoms with Gasteiger partial charge in [0.05, 0.1) is 17.8 Å². The third-order valence-electron chi connectivity index (χ3n) is 3.09. The molecule has 2 nitrogen and oxygen atoms in total. The Balaban J connectivity index is 2.25. The first-order valence-corrected chi connectivity index (χ1v) is 6.23. The molecule has 1 saturated carbocycles. The molecule has 2 N–H and O–H groups in total. The van der Waals surface area contributed by atoms with Gasteiger partial charge >= 0.3 is 0 Å². The molecule has 0 amide bonds. The second-order valence-corrected chi connectivity index (χ2v) is 4.73. The van der Waals surface area contributed by atoms with Gasteiger partial charge in [0.25, 0.3) is 0 Å². The molecule has 2 rings (SSSR count). The van der Waals surface area contributed by atoms with Gasteiger partial charge < -0.3 is 10.5 Å². The average Bonchev–Trinajstić information content (AvgIpc) is 2.81. The Labute approximate surface area is 107 Å². The van der Waals surface area contributed by atoms with Crippen molar-refractivity contribution in [1.29, 1.82) is 0 Å². The highest BCUT2D eigenvalue weighted by Crippen LogP contribution is 2.29. The Bertz CT molecular complexity index is 467. The Kier molecular flexibility index (Phi) is 3.81. The SMILES string of the molecule is COc1cc(C#CC2CCCC2)c(Cl)cc1N. The fourth-order valence-corrected chi connectivity index (χ4v) is 2.31. The average molecular weight is 250 g/mol. The van der Waals surface area contributed by atoms with Gasteiger partial charge in [-0.1, -0.05) is 36.3 Å². The molecule has 90 valence electrons. The molecular formula is C14H16ClNO. The molecule has 3 heteroatoms. The van der Waals surface area contributed by atoms with E-state index in [0.717, 1.165) is 5.56 Å². The summed E-state index contributed by atoms with van der Waals surface area (Å²) in [5.74, 6) is 7.57. The van der Waals surface area contributed by atoms with Crippen LogP contribution in [0.15, 0.2) is 12.1 Å². The normalized spacial score (nSPS) is 15.4. The van der Waals surface area contributed by atoms with E-state index >= 15 is 0 Å². The zero-order chi connectivity index (χ0) is 12.3. The number of nitrogens with two attached hydrogens (primary N) is 1. The van der Waals surface area contributed by atoms with Crippen molar-refractivity contribution < 1.29 is 4.74 Å². The van der Waals surface area contributed by atoms with Crippen molar-refractivity contribution in [3.8, 4) is 17.6 Å². The molecule has 1 aliphatic rings. The third-order valence-corrected chi connectivity index (χ3v) is 3.40. The fourth-order valence-electron chi connectivity index (χ4n) is 2.09. The number of benzene rings is 1. The number of methoxy groups -OCH3 is 1. The minimum atomic E-state index is 0.523. The Morgan fingerprint density at radius 3 is 2.71 bits per heavy atom. The first-order chi connectivity index (χ1) is 8.20. The smallest absolute Gasteiger partial charge is 0.143 e. The van der Waals surface area contributed by atoms with Crippen molar-refractivity contribution in [2.45, 2.75) is 25.7 Å². The molecular weight excluding hydrogens is 234 g/mol. The van der Waals surface area contributed by atoms with Crippen LogP contribution in [0, 0.1) is 17.8 Å². The van der Waals surface area contributed by atoms with Gasteiger partial charge in [0, 0.05) is 11.5 Å². The molecule has 0 heterocycles. The van der Waals surface area contributed by atoms with Crippen molar-refractivity contribution in [3.63, 3.8) is 0 Å². The van der Waals surface area contributed by atoms with Crippen molar-refractivity contribution in [2.75, 3.05) is 12.8 Å². The van der Waals surface area contributed by atoms with Gasteiger partial charge in [-0.15, -0.1) is 0 Å². The maximum absolute atomic E-state index is 6.11. The fraction of sp³-hybridized carbons (Fsp3) is 0.429. The molecule has 0 radical (unpaired) electrons. The molecule has 0 aromatic heterocycles. The predicted molar refractivity (Wildman–Crippen MR) is 71.3 cm³/mol. The number of nitrogen functional groups attached to an aromatic ring is 1. The van der Waals surface area contributed by atoms with Crippen LogP contribution in [0.5, 0.6) is 5.75 Å². The van der Waals surface area contributed by atoms with Crippen LogP contribution in [0.4, 0.5) is 5.69 Å². The van der Waals surface area contributed by atoms with Crippen LogP contribution >= 0.6 is 11.6 Å². The summed E-state index contributed by atoms with van der Waals surface area (Å²) < 4.78 is 5.16. The third kappa shape index (κ3) is 2.87. The first kappa shape index (κ1) is 12.1. The van der Waals surface area contributed by atoms with E-state index in [1.54, 1.807) is 19.2 Å². The Morgan fingerprint density at radius 1 is 1.35 bits per heavy atom. The van der Waals surface area contributed by atoms with Gasteiger partial charge in [-0.2, -0.15) is 0 Å². The maximum atomic E-state index is 6.11. The van der Waals surface area contributed by atoms with Gasteiger partial charge in [-0.25, -0.2) is 0 Å². The molecule has 0 saturated heterocycles. The summed E-state index contributed by atoms with van der Waals surface area (Å²) in [7, 11) is 1.59. The van der Waals surface area contributed by atoms with Gasteiger partial charge in [-0.05, 0) is 25.0 Å². The topological polar surface area (TPSA) is 35.2 Å². The molecule has 1 aromatic carbocycles. The highest BCUT2D eigenvalue weighted by Gasteiger charge is 2.12. The molecule has 0 spiro atoms. The summed E-state index contributed by atoms with van der Waals surface area (Å²) in [5.41, 5.74) is 7.10. The van der Waals surface area contributed by atoms with E-state index in [1.165, 1.54) is 25.7 Å². The van der Waals surface area contributed by atoms with E-state index in [-0.39, 0.29) is 0 Å². The van der Waals surface area contributed by atoms with Crippen LogP contribution < -0.4 is 10.5 Å². The van der Waals surface area contributed by atoms with E-state index in [2.05, 4.69) is 11.8 Å². The van der Waals surface area contributed by atoms with Crippen molar-refractivity contribution in [1.82, 2.24) is 0 Å². The van der Waals surface area contributed by atoms with Crippen LogP contribution in [0.3, 0.4) is 0 Å². The number of halogens is 1. The van der Waals surface area contributed by atoms with Crippen LogP contribution in [-0.2, 0) is 0 Å². The molecule has 1 aromatic rings. The van der Waals surface area contributed by atoms with Crippen LogP contribution in [0.2, 0.25) is 5.02 Å². The molecule has 0 unspecified atom stereocenters. The second kappa shape index (κ2) is 5.33. The predicted octanol–water partition coefficient (Wildman–Crippen LogP) is 3.47. The Morgan fingerprint density at radius 2 is 2.06 bits per heavy atom. The van der Waals surface area contributed by atoms with Crippen molar-refractivity contribution >= 4 is 17.3 Å². The number of ether oxygens (including phenoxy) is 1. The Hall–Kier alpha value is -1.33. The van der Waals surface area contributed by atoms with Crippen LogP contribution in [0.25, 0.3) is 0 Å². The van der Waals surface area contributed by atoms with Crippen molar-refractivity contribution in [2.24, 2.45) is 5.92 Å². The summed E-state index contributed by atoms with van der Waals surface area (Å²) in [6, 6.07) is 3.50. The highest BCUT2D eigenvalue weighted by atomic mass is 35.5. The van der Waals surface area contributed by atoms with Gasteiger partial charge in [-0.3, -0.25) is 0 Å². The summed E-state index contributed by atoms with van der Waals surface area (Å²) >= 11 is 6.11. The van der Waals surface area contributed by atoms with Crippen LogP contribution in [0.1, 0.15) is 31.2 Å². The van der Waals surface area contributed by atoms with Crippen LogP contribution in [-0.4, -0.2) is 7.11 Å². The van der Waals surface area contributed by atoms with E-state index in [4.69, 9.17) is 22.1 Å². The number of anilines is 1. The highest BCUT2D eigenvalue weighted by molar-refractivity contribution is 6.32. The molecule has 0 aliphatic heterocycles. The quantitative estimate of drug-likeness (QED) is 0.611. The van der Waals surface area contributed by atoms with E-state index in [9.17, 15) is 0 Å². The summed E-state index contributed by atoms with van der Waals surface area (Å²) in [6.07, 6.45) is 4.99. The van der Waals surface area contributed by atoms with Gasteiger partial charge in [0.1, 0.15) is 5.75 Å². The van der Waals surface area contributed by atoms with Gasteiger partial charge in [0.2, 0.25) is 0 Å². The summed E-state index contributed by atoms with van der Waals surface area (Å²) in [4.78, 5) is 0. The number of hydrogen-bond acceptors (Lipinski definition) is 2. The lowest BCUT2D eigenvalue weighted by molar-refractivity contribution is 0.417. The maximum Gasteiger partial charge on any atom is 0.143 e. The monoisotopic (exact) mass is 249 g/mol. The first-order valence-electron chi connectivity index (χ1n) is 5.85. The lowest BCUT2D eigenvalue weighted by atomic mass is 10.1. The molecule has 17 heavy (non-hydrogen) atoms.